The van der Waals surface area contributed by atoms with Crippen molar-refractivity contribution in [3.63, 3.8) is 0 Å². The van der Waals surface area contributed by atoms with Gasteiger partial charge in [0, 0.05) is 23.7 Å². The van der Waals surface area contributed by atoms with Gasteiger partial charge < -0.3 is 14.8 Å². The number of carbonyl (C=O) groups is 5. The summed E-state index contributed by atoms with van der Waals surface area (Å²) in [6.45, 7) is 3.86. The van der Waals surface area contributed by atoms with E-state index in [-0.39, 0.29) is 71.6 Å². The van der Waals surface area contributed by atoms with Crippen molar-refractivity contribution in [2.75, 3.05) is 22.9 Å². The number of nitrogens with one attached hydrogen (secondary N) is 3. The number of carbonyl (C=O) groups excluding carboxylic acids is 5. The lowest BCUT2D eigenvalue weighted by Crippen LogP contribution is -2.54. The average Bonchev–Trinajstić information content (AvgIpc) is 3.38. The summed E-state index contributed by atoms with van der Waals surface area (Å²) in [4.78, 5) is 71.7. The van der Waals surface area contributed by atoms with Crippen molar-refractivity contribution >= 4 is 62.8 Å². The number of hydrogen-bond donors (Lipinski definition) is 3. The standard InChI is InChI=1S/C38H34ClN7O9S/c1-38(2,22-4-7-26(8-5-22)55-20-25-12-14-41-37(43-25)45-56(3,52)53)23-16-21(19-40)33(29(39)17-23)54-15-13-32(48)42-24-6-9-27-28(18-24)36(51)46(35(27)50)30-10-11-31(47)44-34(30)49/h4-9,12,14,16-18,30H,10-11,13,15,20H2,1-3H3,(H,42,48)(H,41,43,45)(H,44,47,49). The molecule has 1 unspecified atom stereocenters. The van der Waals surface area contributed by atoms with Gasteiger partial charge in [0.25, 0.3) is 11.8 Å². The second-order valence-corrected chi connectivity index (χ2v) is 15.6. The summed E-state index contributed by atoms with van der Waals surface area (Å²) in [5.41, 5.74) is 1.97. The van der Waals surface area contributed by atoms with Crippen LogP contribution in [0.5, 0.6) is 11.5 Å². The zero-order chi connectivity index (χ0) is 40.4. The molecule has 56 heavy (non-hydrogen) atoms. The van der Waals surface area contributed by atoms with E-state index in [1.807, 2.05) is 26.0 Å². The van der Waals surface area contributed by atoms with Gasteiger partial charge in [-0.25, -0.2) is 18.4 Å². The normalized spacial score (nSPS) is 15.5. The number of imide groups is 2. The molecule has 2 aliphatic rings. The van der Waals surface area contributed by atoms with Gasteiger partial charge in [-0.05, 0) is 66.1 Å². The van der Waals surface area contributed by atoms with Crippen molar-refractivity contribution in [2.24, 2.45) is 0 Å². The molecule has 3 aromatic carbocycles. The Balaban J connectivity index is 1.05. The van der Waals surface area contributed by atoms with Crippen molar-refractivity contribution in [3.05, 3.63) is 105 Å². The molecule has 18 heteroatoms. The fraction of sp³-hybridized carbons (Fsp3) is 0.263. The number of nitrogens with zero attached hydrogens (tertiary/aromatic N) is 4. The van der Waals surface area contributed by atoms with Crippen LogP contribution in [0.2, 0.25) is 5.02 Å². The Morgan fingerprint density at radius 2 is 1.75 bits per heavy atom. The van der Waals surface area contributed by atoms with Crippen LogP contribution in [0.15, 0.2) is 66.9 Å². The van der Waals surface area contributed by atoms with Crippen LogP contribution in [0, 0.1) is 11.3 Å². The molecule has 288 valence electrons. The molecule has 1 saturated heterocycles. The number of piperidine rings is 1. The van der Waals surface area contributed by atoms with Gasteiger partial charge in [-0.1, -0.05) is 37.6 Å². The van der Waals surface area contributed by atoms with E-state index in [0.29, 0.717) is 11.4 Å². The van der Waals surface area contributed by atoms with E-state index < -0.39 is 51.0 Å². The van der Waals surface area contributed by atoms with Gasteiger partial charge in [0.1, 0.15) is 24.5 Å². The van der Waals surface area contributed by atoms with Crippen LogP contribution >= 0.6 is 11.6 Å². The number of amides is 5. The Morgan fingerprint density at radius 1 is 1.02 bits per heavy atom. The molecule has 4 aromatic rings. The minimum atomic E-state index is -3.53. The van der Waals surface area contributed by atoms with Crippen LogP contribution in [-0.2, 0) is 36.4 Å². The molecule has 0 aliphatic carbocycles. The molecule has 1 atom stereocenters. The maximum atomic E-state index is 13.1. The SMILES string of the molecule is CC(C)(c1ccc(OCc2ccnc(NS(C)(=O)=O)n2)cc1)c1cc(Cl)c(OCCC(=O)Nc2ccc3c(c2)C(=O)N(C2CCC(=O)NC2=O)C3=O)c(C#N)c1. The van der Waals surface area contributed by atoms with Crippen molar-refractivity contribution in [3.8, 4) is 17.6 Å². The fourth-order valence-electron chi connectivity index (χ4n) is 6.19. The smallest absolute Gasteiger partial charge is 0.262 e. The molecular formula is C38H34ClN7O9S. The lowest BCUT2D eigenvalue weighted by Gasteiger charge is -2.27. The third-order valence-corrected chi connectivity index (χ3v) is 9.97. The van der Waals surface area contributed by atoms with Gasteiger partial charge in [0.2, 0.25) is 33.7 Å². The highest BCUT2D eigenvalue weighted by molar-refractivity contribution is 7.92. The molecule has 0 radical (unpaired) electrons. The second-order valence-electron chi connectivity index (χ2n) is 13.5. The lowest BCUT2D eigenvalue weighted by atomic mass is 9.77. The second kappa shape index (κ2) is 15.8. The number of fused-ring (bicyclic) bond motifs is 1. The maximum Gasteiger partial charge on any atom is 0.262 e. The number of ether oxygens (including phenoxy) is 2. The maximum absolute atomic E-state index is 13.1. The monoisotopic (exact) mass is 799 g/mol. The van der Waals surface area contributed by atoms with E-state index >= 15 is 0 Å². The third kappa shape index (κ3) is 8.61. The Bertz CT molecular complexity index is 2430. The molecule has 16 nitrogen and oxygen atoms in total. The summed E-state index contributed by atoms with van der Waals surface area (Å²) in [6, 6.07) is 17.5. The highest BCUT2D eigenvalue weighted by Gasteiger charge is 2.44. The number of rotatable bonds is 13. The first-order valence-electron chi connectivity index (χ1n) is 17.1. The van der Waals surface area contributed by atoms with Crippen LogP contribution in [0.1, 0.15) is 76.2 Å². The van der Waals surface area contributed by atoms with E-state index in [9.17, 15) is 37.7 Å². The topological polar surface area (TPSA) is 227 Å². The summed E-state index contributed by atoms with van der Waals surface area (Å²) in [5.74, 6) is -2.44. The summed E-state index contributed by atoms with van der Waals surface area (Å²) in [6.07, 6.45) is 2.30. The highest BCUT2D eigenvalue weighted by atomic mass is 35.5. The Hall–Kier alpha value is -6.38. The molecule has 3 heterocycles. The van der Waals surface area contributed by atoms with Gasteiger partial charge in [0.15, 0.2) is 5.75 Å². The molecule has 5 amide bonds. The first kappa shape index (κ1) is 39.3. The fourth-order valence-corrected chi connectivity index (χ4v) is 6.89. The Labute approximate surface area is 326 Å². The van der Waals surface area contributed by atoms with Gasteiger partial charge in [-0.3, -0.25) is 38.9 Å². The van der Waals surface area contributed by atoms with Gasteiger partial charge in [-0.15, -0.1) is 0 Å². The summed E-state index contributed by atoms with van der Waals surface area (Å²) in [7, 11) is -3.53. The highest BCUT2D eigenvalue weighted by Crippen LogP contribution is 2.39. The molecule has 0 spiro atoms. The van der Waals surface area contributed by atoms with Crippen molar-refractivity contribution in [2.45, 2.75) is 51.2 Å². The number of aromatic nitrogens is 2. The van der Waals surface area contributed by atoms with Crippen LogP contribution in [0.4, 0.5) is 11.6 Å². The van der Waals surface area contributed by atoms with E-state index in [2.05, 4.69) is 31.4 Å². The van der Waals surface area contributed by atoms with Crippen LogP contribution in [0.3, 0.4) is 0 Å². The molecule has 1 aromatic heterocycles. The van der Waals surface area contributed by atoms with Gasteiger partial charge >= 0.3 is 0 Å². The number of hydrogen-bond acceptors (Lipinski definition) is 12. The van der Waals surface area contributed by atoms with E-state index in [1.165, 1.54) is 24.4 Å². The van der Waals surface area contributed by atoms with Crippen LogP contribution in [-0.4, -0.2) is 71.7 Å². The van der Waals surface area contributed by atoms with E-state index in [0.717, 1.165) is 22.3 Å². The van der Waals surface area contributed by atoms with E-state index in [4.69, 9.17) is 21.1 Å². The quantitative estimate of drug-likeness (QED) is 0.163. The average molecular weight is 800 g/mol. The molecule has 1 fully saturated rings. The number of sulfonamides is 1. The van der Waals surface area contributed by atoms with Crippen molar-refractivity contribution < 1.29 is 41.9 Å². The first-order valence-corrected chi connectivity index (χ1v) is 19.4. The zero-order valence-corrected chi connectivity index (χ0v) is 31.8. The van der Waals surface area contributed by atoms with Crippen LogP contribution < -0.4 is 24.8 Å². The zero-order valence-electron chi connectivity index (χ0n) is 30.2. The first-order chi connectivity index (χ1) is 26.5. The molecular weight excluding hydrogens is 766 g/mol. The minimum Gasteiger partial charge on any atom is -0.490 e. The molecule has 6 rings (SSSR count). The number of anilines is 2. The number of halogens is 1. The minimum absolute atomic E-state index is 0.00457. The molecule has 3 N–H and O–H groups in total. The molecule has 0 bridgehead atoms. The molecule has 0 saturated carbocycles. The lowest BCUT2D eigenvalue weighted by molar-refractivity contribution is -0.136. The summed E-state index contributed by atoms with van der Waals surface area (Å²) >= 11 is 6.64. The van der Waals surface area contributed by atoms with Gasteiger partial charge in [-0.2, -0.15) is 5.26 Å². The Morgan fingerprint density at radius 3 is 2.45 bits per heavy atom. The predicted molar refractivity (Wildman–Crippen MR) is 201 cm³/mol. The Kier molecular flexibility index (Phi) is 11.1. The van der Waals surface area contributed by atoms with Gasteiger partial charge in [0.05, 0.1) is 46.7 Å². The van der Waals surface area contributed by atoms with Crippen LogP contribution in [0.25, 0.3) is 0 Å². The summed E-state index contributed by atoms with van der Waals surface area (Å²) < 4.78 is 36.9. The third-order valence-electron chi connectivity index (χ3n) is 9.14. The largest absolute Gasteiger partial charge is 0.490 e. The number of nitriles is 1. The van der Waals surface area contributed by atoms with Crippen molar-refractivity contribution in [1.82, 2.24) is 20.2 Å². The molecule has 2 aliphatic heterocycles. The van der Waals surface area contributed by atoms with Crippen molar-refractivity contribution in [1.29, 1.82) is 5.26 Å². The predicted octanol–water partition coefficient (Wildman–Crippen LogP) is 4.09. The van der Waals surface area contributed by atoms with E-state index in [1.54, 1.807) is 30.3 Å². The number of benzene rings is 3. The summed E-state index contributed by atoms with van der Waals surface area (Å²) in [5, 5.41) is 15.0.